The number of hydrogen-bond donors (Lipinski definition) is 2. The Kier molecular flexibility index (Phi) is 5.05. The summed E-state index contributed by atoms with van der Waals surface area (Å²) in [7, 11) is 0. The maximum absolute atomic E-state index is 3.43. The van der Waals surface area contributed by atoms with Gasteiger partial charge in [-0.2, -0.15) is 30.3 Å². The largest absolute Gasteiger partial charge is 2.00 e. The Hall–Kier alpha value is -1.96. The molecule has 102 valence electrons. The minimum absolute atomic E-state index is 0. The third kappa shape index (κ3) is 3.32. The fraction of sp³-hybridized carbons (Fsp3) is 0.0588. The summed E-state index contributed by atoms with van der Waals surface area (Å²) in [6.07, 6.45) is 0.224. The van der Waals surface area contributed by atoms with Crippen LogP contribution in [0.15, 0.2) is 78.9 Å². The summed E-state index contributed by atoms with van der Waals surface area (Å²) in [5.74, 6) is 0. The monoisotopic (exact) mass is 304 g/mol. The first-order valence-electron chi connectivity index (χ1n) is 6.44. The molecule has 0 saturated heterocycles. The van der Waals surface area contributed by atoms with Gasteiger partial charge in [-0.05, 0) is 12.1 Å². The zero-order valence-electron chi connectivity index (χ0n) is 10.9. The molecule has 0 atom stereocenters. The van der Waals surface area contributed by atoms with Crippen molar-refractivity contribution in [2.24, 2.45) is 0 Å². The number of anilines is 2. The minimum atomic E-state index is 0. The molecule has 0 bridgehead atoms. The fourth-order valence-electron chi connectivity index (χ4n) is 2.15. The molecule has 0 amide bonds. The van der Waals surface area contributed by atoms with Crippen LogP contribution in [-0.4, -0.2) is 0 Å². The van der Waals surface area contributed by atoms with Gasteiger partial charge in [0, 0.05) is 0 Å². The van der Waals surface area contributed by atoms with E-state index >= 15 is 0 Å². The van der Waals surface area contributed by atoms with E-state index in [4.69, 9.17) is 0 Å². The molecule has 0 aromatic heterocycles. The van der Waals surface area contributed by atoms with E-state index in [0.717, 1.165) is 0 Å². The molecule has 0 fully saturated rings. The number of fused-ring (bicyclic) bond motifs is 1. The van der Waals surface area contributed by atoms with Gasteiger partial charge in [0.25, 0.3) is 0 Å². The molecule has 1 aliphatic heterocycles. The van der Waals surface area contributed by atoms with Crippen LogP contribution in [0.1, 0.15) is 11.7 Å². The maximum Gasteiger partial charge on any atom is 2.00 e. The second-order valence-electron chi connectivity index (χ2n) is 4.45. The Labute approximate surface area is 130 Å². The van der Waals surface area contributed by atoms with Gasteiger partial charge in [-0.1, -0.05) is 12.1 Å². The molecule has 1 aliphatic rings. The standard InChI is InChI=1S/C12H11N2.C5H5.Fe/c1-2-6-9(5-1)12-13-10-7-3-4-8-11(10)14-12;1-2-4-5-3-1;/h1-8,12-14H;1-5H;/q2*-1;+2. The molecule has 0 spiro atoms. The molecule has 20 heavy (non-hydrogen) atoms. The normalized spacial score (nSPS) is 12.2. The van der Waals surface area contributed by atoms with E-state index in [2.05, 4.69) is 47.0 Å². The molecule has 0 aliphatic carbocycles. The Balaban J connectivity index is 0.000000210. The van der Waals surface area contributed by atoms with Gasteiger partial charge in [0.05, 0.1) is 17.5 Å². The third-order valence-electron chi connectivity index (χ3n) is 3.10. The van der Waals surface area contributed by atoms with Gasteiger partial charge >= 0.3 is 17.1 Å². The molecule has 3 heteroatoms. The van der Waals surface area contributed by atoms with Gasteiger partial charge in [0.2, 0.25) is 0 Å². The molecule has 0 radical (unpaired) electrons. The minimum Gasteiger partial charge on any atom is -0.370 e. The van der Waals surface area contributed by atoms with Crippen LogP contribution in [0.5, 0.6) is 0 Å². The van der Waals surface area contributed by atoms with Crippen molar-refractivity contribution in [1.82, 2.24) is 0 Å². The zero-order valence-corrected chi connectivity index (χ0v) is 12.0. The van der Waals surface area contributed by atoms with Crippen LogP contribution in [-0.2, 0) is 17.1 Å². The second kappa shape index (κ2) is 6.99. The summed E-state index contributed by atoms with van der Waals surface area (Å²) in [4.78, 5) is 0. The van der Waals surface area contributed by atoms with E-state index in [0.29, 0.717) is 0 Å². The molecular formula is C17H16FeN2. The van der Waals surface area contributed by atoms with Crippen LogP contribution in [0.3, 0.4) is 0 Å². The van der Waals surface area contributed by atoms with Crippen molar-refractivity contribution in [3.8, 4) is 0 Å². The topological polar surface area (TPSA) is 24.1 Å². The van der Waals surface area contributed by atoms with E-state index in [1.165, 1.54) is 16.9 Å². The van der Waals surface area contributed by atoms with E-state index < -0.39 is 0 Å². The average molecular weight is 304 g/mol. The third-order valence-corrected chi connectivity index (χ3v) is 3.10. The summed E-state index contributed by atoms with van der Waals surface area (Å²) >= 11 is 0. The summed E-state index contributed by atoms with van der Waals surface area (Å²) in [6.45, 7) is 0. The SMILES string of the molecule is [Fe+2].c1cc[cH-]c1.c1ccc2c(c1)NC([c-]1cccc1)N2. The summed E-state index contributed by atoms with van der Waals surface area (Å²) in [6, 6.07) is 26.6. The molecule has 4 rings (SSSR count). The quantitative estimate of drug-likeness (QED) is 0.516. The predicted molar refractivity (Wildman–Crippen MR) is 80.5 cm³/mol. The Morgan fingerprint density at radius 2 is 1.35 bits per heavy atom. The van der Waals surface area contributed by atoms with E-state index in [1.807, 2.05) is 42.5 Å². The van der Waals surface area contributed by atoms with Gasteiger partial charge in [0.15, 0.2) is 0 Å². The van der Waals surface area contributed by atoms with Crippen molar-refractivity contribution in [2.75, 3.05) is 10.6 Å². The second-order valence-corrected chi connectivity index (χ2v) is 4.45. The molecule has 1 heterocycles. The summed E-state index contributed by atoms with van der Waals surface area (Å²) < 4.78 is 0. The Morgan fingerprint density at radius 3 is 1.80 bits per heavy atom. The van der Waals surface area contributed by atoms with Crippen molar-refractivity contribution < 1.29 is 17.1 Å². The summed E-state index contributed by atoms with van der Waals surface area (Å²) in [5.41, 5.74) is 3.64. The fourth-order valence-corrected chi connectivity index (χ4v) is 2.15. The molecule has 2 N–H and O–H groups in total. The smallest absolute Gasteiger partial charge is 0.370 e. The van der Waals surface area contributed by atoms with Crippen LogP contribution in [0, 0.1) is 0 Å². The zero-order chi connectivity index (χ0) is 12.9. The average Bonchev–Trinajstić information content (AvgIpc) is 3.20. The van der Waals surface area contributed by atoms with Crippen LogP contribution in [0.25, 0.3) is 0 Å². The molecule has 0 unspecified atom stereocenters. The number of para-hydroxylation sites is 2. The molecule has 3 aromatic carbocycles. The van der Waals surface area contributed by atoms with Gasteiger partial charge in [0.1, 0.15) is 0 Å². The van der Waals surface area contributed by atoms with Crippen LogP contribution in [0.2, 0.25) is 0 Å². The number of benzene rings is 1. The van der Waals surface area contributed by atoms with E-state index in [1.54, 1.807) is 0 Å². The van der Waals surface area contributed by atoms with Crippen molar-refractivity contribution >= 4 is 11.4 Å². The number of hydrogen-bond acceptors (Lipinski definition) is 2. The predicted octanol–water partition coefficient (Wildman–Crippen LogP) is 4.34. The van der Waals surface area contributed by atoms with Crippen molar-refractivity contribution in [1.29, 1.82) is 0 Å². The van der Waals surface area contributed by atoms with E-state index in [9.17, 15) is 0 Å². The van der Waals surface area contributed by atoms with Gasteiger partial charge in [-0.25, -0.2) is 24.3 Å². The van der Waals surface area contributed by atoms with E-state index in [-0.39, 0.29) is 23.2 Å². The maximum atomic E-state index is 3.43. The van der Waals surface area contributed by atoms with Gasteiger partial charge in [-0.15, -0.1) is 5.56 Å². The van der Waals surface area contributed by atoms with Crippen LogP contribution < -0.4 is 10.6 Å². The van der Waals surface area contributed by atoms with Crippen LogP contribution in [0.4, 0.5) is 11.4 Å². The first-order chi connectivity index (χ1) is 9.43. The number of rotatable bonds is 1. The van der Waals surface area contributed by atoms with Crippen molar-refractivity contribution in [3.05, 3.63) is 84.4 Å². The van der Waals surface area contributed by atoms with Crippen molar-refractivity contribution in [3.63, 3.8) is 0 Å². The van der Waals surface area contributed by atoms with Crippen LogP contribution >= 0.6 is 0 Å². The summed E-state index contributed by atoms with van der Waals surface area (Å²) in [5, 5.41) is 6.85. The molecule has 0 saturated carbocycles. The first kappa shape index (κ1) is 14.4. The molecule has 2 nitrogen and oxygen atoms in total. The Bertz CT molecular complexity index is 558. The van der Waals surface area contributed by atoms with Gasteiger partial charge in [-0.3, -0.25) is 0 Å². The number of nitrogens with one attached hydrogen (secondary N) is 2. The van der Waals surface area contributed by atoms with Gasteiger partial charge < -0.3 is 10.6 Å². The Morgan fingerprint density at radius 1 is 0.800 bits per heavy atom. The molecular weight excluding hydrogens is 288 g/mol. The van der Waals surface area contributed by atoms with Crippen molar-refractivity contribution in [2.45, 2.75) is 6.17 Å². The first-order valence-corrected chi connectivity index (χ1v) is 6.44. The molecule has 3 aromatic rings.